The van der Waals surface area contributed by atoms with Crippen LogP contribution >= 0.6 is 11.6 Å². The average Bonchev–Trinajstić information content (AvgIpc) is 2.15. The van der Waals surface area contributed by atoms with Gasteiger partial charge in [0, 0.05) is 10.6 Å². The van der Waals surface area contributed by atoms with Gasteiger partial charge in [-0.3, -0.25) is 0 Å². The fourth-order valence-electron chi connectivity index (χ4n) is 2.11. The summed E-state index contributed by atoms with van der Waals surface area (Å²) in [6.45, 7) is 7.09. The van der Waals surface area contributed by atoms with Crippen molar-refractivity contribution in [3.05, 3.63) is 34.4 Å². The molecule has 0 radical (unpaired) electrons. The number of hydrogen-bond donors (Lipinski definition) is 0. The fraction of sp³-hybridized carbons (Fsp3) is 0.538. The minimum Gasteiger partial charge on any atom is -0.166 e. The maximum absolute atomic E-state index is 12.9. The Morgan fingerprint density at radius 3 is 2.53 bits per heavy atom. The highest BCUT2D eigenvalue weighted by Gasteiger charge is 2.39. The van der Waals surface area contributed by atoms with Gasteiger partial charge in [-0.2, -0.15) is 13.2 Å². The van der Waals surface area contributed by atoms with Crippen LogP contribution in [-0.2, 0) is 0 Å². The summed E-state index contributed by atoms with van der Waals surface area (Å²) in [6, 6.07) is 0. The molecular formula is C13H16ClF3. The molecular weight excluding hydrogens is 249 g/mol. The van der Waals surface area contributed by atoms with Crippen molar-refractivity contribution in [1.29, 1.82) is 0 Å². The lowest BCUT2D eigenvalue weighted by molar-refractivity contribution is -0.0899. The summed E-state index contributed by atoms with van der Waals surface area (Å²) in [5.74, 6) is -0.118. The molecule has 0 heterocycles. The molecule has 1 rings (SSSR count). The van der Waals surface area contributed by atoms with Gasteiger partial charge in [-0.15, -0.1) is 0 Å². The lowest BCUT2D eigenvalue weighted by atomic mass is 9.85. The van der Waals surface area contributed by atoms with Crippen molar-refractivity contribution in [2.45, 2.75) is 39.3 Å². The molecule has 0 bridgehead atoms. The van der Waals surface area contributed by atoms with E-state index in [1.165, 1.54) is 6.08 Å². The summed E-state index contributed by atoms with van der Waals surface area (Å²) in [5, 5.41) is 0.283. The van der Waals surface area contributed by atoms with Crippen LogP contribution in [0.5, 0.6) is 0 Å². The van der Waals surface area contributed by atoms with E-state index < -0.39 is 11.7 Å². The lowest BCUT2D eigenvalue weighted by Crippen LogP contribution is -2.20. The van der Waals surface area contributed by atoms with Crippen LogP contribution in [0.2, 0.25) is 0 Å². The van der Waals surface area contributed by atoms with Crippen LogP contribution < -0.4 is 0 Å². The molecule has 1 unspecified atom stereocenters. The summed E-state index contributed by atoms with van der Waals surface area (Å²) in [6.07, 6.45) is -1.00. The number of rotatable bonds is 3. The second-order valence-corrected chi connectivity index (χ2v) is 4.85. The van der Waals surface area contributed by atoms with E-state index in [-0.39, 0.29) is 16.5 Å². The third-order valence-corrected chi connectivity index (χ3v) is 3.12. The van der Waals surface area contributed by atoms with Gasteiger partial charge in [-0.1, -0.05) is 37.6 Å². The van der Waals surface area contributed by atoms with Crippen molar-refractivity contribution in [3.8, 4) is 0 Å². The summed E-state index contributed by atoms with van der Waals surface area (Å²) >= 11 is 5.99. The molecule has 0 aromatic carbocycles. The molecule has 0 spiro atoms. The quantitative estimate of drug-likeness (QED) is 0.643. The summed E-state index contributed by atoms with van der Waals surface area (Å²) in [7, 11) is 0. The van der Waals surface area contributed by atoms with Gasteiger partial charge in [0.25, 0.3) is 0 Å². The second kappa shape index (κ2) is 5.30. The monoisotopic (exact) mass is 264 g/mol. The Labute approximate surface area is 105 Å². The second-order valence-electron chi connectivity index (χ2n) is 4.39. The Balaban J connectivity index is 3.18. The number of allylic oxidation sites excluding steroid dienone is 5. The van der Waals surface area contributed by atoms with Gasteiger partial charge in [0.1, 0.15) is 0 Å². The lowest BCUT2D eigenvalue weighted by Gasteiger charge is -2.26. The first-order chi connectivity index (χ1) is 7.77. The molecule has 0 aromatic rings. The molecule has 0 fully saturated rings. The zero-order chi connectivity index (χ0) is 13.2. The third kappa shape index (κ3) is 3.38. The Morgan fingerprint density at radius 1 is 1.53 bits per heavy atom. The van der Waals surface area contributed by atoms with Crippen molar-refractivity contribution in [3.63, 3.8) is 0 Å². The van der Waals surface area contributed by atoms with Crippen molar-refractivity contribution in [2.75, 3.05) is 0 Å². The largest absolute Gasteiger partial charge is 0.416 e. The molecule has 1 atom stereocenters. The molecule has 0 nitrogen and oxygen atoms in total. The SMILES string of the molecule is C=C(C)C1=C(Cl)CC(CCC)C=C1C(F)(F)F. The molecule has 0 aliphatic heterocycles. The molecule has 0 N–H and O–H groups in total. The Kier molecular flexibility index (Phi) is 4.48. The zero-order valence-corrected chi connectivity index (χ0v) is 10.8. The van der Waals surface area contributed by atoms with Gasteiger partial charge in [-0.25, -0.2) is 0 Å². The molecule has 4 heteroatoms. The summed E-state index contributed by atoms with van der Waals surface area (Å²) in [4.78, 5) is 0. The standard InChI is InChI=1S/C13H16ClF3/c1-4-5-9-6-10(13(15,16)17)12(8(2)3)11(14)7-9/h6,9H,2,4-5,7H2,1,3H3. The predicted molar refractivity (Wildman–Crippen MR) is 64.8 cm³/mol. The number of hydrogen-bond acceptors (Lipinski definition) is 0. The summed E-state index contributed by atoms with van der Waals surface area (Å²) in [5.41, 5.74) is -0.181. The van der Waals surface area contributed by atoms with Gasteiger partial charge in [0.05, 0.1) is 5.57 Å². The van der Waals surface area contributed by atoms with Crippen molar-refractivity contribution in [2.24, 2.45) is 5.92 Å². The van der Waals surface area contributed by atoms with Crippen molar-refractivity contribution in [1.82, 2.24) is 0 Å². The molecule has 0 saturated heterocycles. The molecule has 1 aliphatic rings. The third-order valence-electron chi connectivity index (χ3n) is 2.78. The van der Waals surface area contributed by atoms with E-state index in [2.05, 4.69) is 6.58 Å². The van der Waals surface area contributed by atoms with E-state index in [4.69, 9.17) is 11.6 Å². The van der Waals surface area contributed by atoms with Gasteiger partial charge in [0.15, 0.2) is 0 Å². The molecule has 96 valence electrons. The van der Waals surface area contributed by atoms with Crippen LogP contribution in [0.3, 0.4) is 0 Å². The smallest absolute Gasteiger partial charge is 0.166 e. The molecule has 1 aliphatic carbocycles. The topological polar surface area (TPSA) is 0 Å². The van der Waals surface area contributed by atoms with Crippen LogP contribution in [0.1, 0.15) is 33.1 Å². The van der Waals surface area contributed by atoms with Gasteiger partial charge in [-0.05, 0) is 31.3 Å². The van der Waals surface area contributed by atoms with E-state index in [1.807, 2.05) is 6.92 Å². The molecule has 0 saturated carbocycles. The van der Waals surface area contributed by atoms with Crippen LogP contribution in [0, 0.1) is 5.92 Å². The molecule has 17 heavy (non-hydrogen) atoms. The first kappa shape index (κ1) is 14.4. The Hall–Kier alpha value is -0.700. The normalized spacial score (nSPS) is 21.5. The minimum absolute atomic E-state index is 0.0755. The van der Waals surface area contributed by atoms with Crippen molar-refractivity contribution < 1.29 is 13.2 Å². The maximum atomic E-state index is 12.9. The zero-order valence-electron chi connectivity index (χ0n) is 9.99. The van der Waals surface area contributed by atoms with E-state index in [0.717, 1.165) is 12.8 Å². The van der Waals surface area contributed by atoms with Crippen LogP contribution in [0.15, 0.2) is 34.4 Å². The van der Waals surface area contributed by atoms with Crippen molar-refractivity contribution >= 4 is 11.6 Å². The highest BCUT2D eigenvalue weighted by molar-refractivity contribution is 6.30. The van der Waals surface area contributed by atoms with Crippen LogP contribution in [-0.4, -0.2) is 6.18 Å². The minimum atomic E-state index is -4.36. The van der Waals surface area contributed by atoms with Gasteiger partial charge >= 0.3 is 6.18 Å². The first-order valence-corrected chi connectivity index (χ1v) is 5.99. The number of halogens is 4. The van der Waals surface area contributed by atoms with Gasteiger partial charge < -0.3 is 0 Å². The maximum Gasteiger partial charge on any atom is 0.416 e. The molecule has 0 amide bonds. The van der Waals surface area contributed by atoms with E-state index in [0.29, 0.717) is 12.0 Å². The Morgan fingerprint density at radius 2 is 2.12 bits per heavy atom. The van der Waals surface area contributed by atoms with Crippen LogP contribution in [0.4, 0.5) is 13.2 Å². The molecule has 0 aromatic heterocycles. The van der Waals surface area contributed by atoms with Crippen LogP contribution in [0.25, 0.3) is 0 Å². The fourth-order valence-corrected chi connectivity index (χ4v) is 2.57. The predicted octanol–water partition coefficient (Wildman–Crippen LogP) is 5.36. The van der Waals surface area contributed by atoms with E-state index >= 15 is 0 Å². The van der Waals surface area contributed by atoms with Gasteiger partial charge in [0.2, 0.25) is 0 Å². The summed E-state index contributed by atoms with van der Waals surface area (Å²) < 4.78 is 38.8. The Bertz CT molecular complexity index is 375. The average molecular weight is 265 g/mol. The van der Waals surface area contributed by atoms with E-state index in [1.54, 1.807) is 6.92 Å². The highest BCUT2D eigenvalue weighted by atomic mass is 35.5. The first-order valence-electron chi connectivity index (χ1n) is 5.61. The van der Waals surface area contributed by atoms with E-state index in [9.17, 15) is 13.2 Å². The highest BCUT2D eigenvalue weighted by Crippen LogP contribution is 2.43. The number of alkyl halides is 3.